The summed E-state index contributed by atoms with van der Waals surface area (Å²) < 4.78 is 12.5. The SMILES string of the molecule is Cc1cc(Cl)cc2sc(NC(=O)C3Oc4ccccc4OC3C)nc12. The van der Waals surface area contributed by atoms with Crippen LogP contribution in [0.25, 0.3) is 10.2 Å². The van der Waals surface area contributed by atoms with Gasteiger partial charge in [0.15, 0.2) is 16.6 Å². The van der Waals surface area contributed by atoms with Crippen molar-refractivity contribution >= 4 is 44.2 Å². The number of aryl methyl sites for hydroxylation is 1. The summed E-state index contributed by atoms with van der Waals surface area (Å²) in [4.78, 5) is 17.1. The number of carbonyl (C=O) groups is 1. The molecule has 1 N–H and O–H groups in total. The normalized spacial score (nSPS) is 19.0. The Morgan fingerprint density at radius 2 is 1.96 bits per heavy atom. The van der Waals surface area contributed by atoms with Gasteiger partial charge in [-0.1, -0.05) is 35.1 Å². The number of nitrogens with one attached hydrogen (secondary N) is 1. The van der Waals surface area contributed by atoms with Crippen molar-refractivity contribution < 1.29 is 14.3 Å². The molecule has 2 heterocycles. The Labute approximate surface area is 153 Å². The number of hydrogen-bond donors (Lipinski definition) is 1. The van der Waals surface area contributed by atoms with E-state index in [0.29, 0.717) is 21.7 Å². The molecule has 5 nitrogen and oxygen atoms in total. The molecule has 2 aromatic carbocycles. The zero-order valence-electron chi connectivity index (χ0n) is 13.6. The summed E-state index contributed by atoms with van der Waals surface area (Å²) in [5.74, 6) is 0.918. The topological polar surface area (TPSA) is 60.5 Å². The van der Waals surface area contributed by atoms with Gasteiger partial charge in [0.1, 0.15) is 6.10 Å². The van der Waals surface area contributed by atoms with Crippen LogP contribution in [0.5, 0.6) is 11.5 Å². The number of hydrogen-bond acceptors (Lipinski definition) is 5. The number of carbonyl (C=O) groups excluding carboxylic acids is 1. The van der Waals surface area contributed by atoms with Crippen molar-refractivity contribution in [1.29, 1.82) is 0 Å². The zero-order valence-corrected chi connectivity index (χ0v) is 15.1. The fourth-order valence-electron chi connectivity index (χ4n) is 2.79. The van der Waals surface area contributed by atoms with E-state index < -0.39 is 12.2 Å². The summed E-state index contributed by atoms with van der Waals surface area (Å²) in [6, 6.07) is 11.0. The van der Waals surface area contributed by atoms with E-state index in [0.717, 1.165) is 15.8 Å². The largest absolute Gasteiger partial charge is 0.482 e. The minimum atomic E-state index is -0.744. The number of aromatic nitrogens is 1. The lowest BCUT2D eigenvalue weighted by Gasteiger charge is -2.30. The lowest BCUT2D eigenvalue weighted by molar-refractivity contribution is -0.128. The van der Waals surface area contributed by atoms with Gasteiger partial charge < -0.3 is 9.47 Å². The van der Waals surface area contributed by atoms with Gasteiger partial charge in [-0.2, -0.15) is 0 Å². The molecule has 0 spiro atoms. The predicted octanol–water partition coefficient (Wildman–Crippen LogP) is 4.43. The molecule has 1 aromatic heterocycles. The highest BCUT2D eigenvalue weighted by molar-refractivity contribution is 7.22. The van der Waals surface area contributed by atoms with E-state index in [4.69, 9.17) is 21.1 Å². The molecular weight excluding hydrogens is 360 g/mol. The number of thiazole rings is 1. The molecule has 2 atom stereocenters. The first-order chi connectivity index (χ1) is 12.0. The third-order valence-electron chi connectivity index (χ3n) is 3.98. The molecule has 7 heteroatoms. The molecule has 3 aromatic rings. The van der Waals surface area contributed by atoms with E-state index in [9.17, 15) is 4.79 Å². The van der Waals surface area contributed by atoms with E-state index in [1.807, 2.05) is 44.2 Å². The molecule has 1 aliphatic heterocycles. The molecular formula is C18H15ClN2O3S. The maximum atomic E-state index is 12.6. The molecule has 0 aliphatic carbocycles. The second-order valence-corrected chi connectivity index (χ2v) is 7.35. The fraction of sp³-hybridized carbons (Fsp3) is 0.222. The van der Waals surface area contributed by atoms with E-state index in [1.165, 1.54) is 11.3 Å². The van der Waals surface area contributed by atoms with Gasteiger partial charge in [-0.15, -0.1) is 0 Å². The van der Waals surface area contributed by atoms with Gasteiger partial charge in [0.05, 0.1) is 10.2 Å². The van der Waals surface area contributed by atoms with Gasteiger partial charge in [-0.25, -0.2) is 4.98 Å². The average Bonchev–Trinajstić information content (AvgIpc) is 2.96. The zero-order chi connectivity index (χ0) is 17.6. The van der Waals surface area contributed by atoms with Crippen LogP contribution < -0.4 is 14.8 Å². The number of anilines is 1. The maximum Gasteiger partial charge on any atom is 0.271 e. The van der Waals surface area contributed by atoms with Crippen molar-refractivity contribution in [3.63, 3.8) is 0 Å². The van der Waals surface area contributed by atoms with Crippen LogP contribution in [0.2, 0.25) is 5.02 Å². The number of rotatable bonds is 2. The van der Waals surface area contributed by atoms with Crippen molar-refractivity contribution in [3.05, 3.63) is 47.0 Å². The minimum absolute atomic E-state index is 0.287. The second kappa shape index (κ2) is 6.20. The summed E-state index contributed by atoms with van der Waals surface area (Å²) in [6.45, 7) is 3.75. The first-order valence-electron chi connectivity index (χ1n) is 7.81. The minimum Gasteiger partial charge on any atom is -0.482 e. The van der Waals surface area contributed by atoms with Crippen LogP contribution in [-0.2, 0) is 4.79 Å². The monoisotopic (exact) mass is 374 g/mol. The molecule has 2 unspecified atom stereocenters. The lowest BCUT2D eigenvalue weighted by Crippen LogP contribution is -2.46. The number of halogens is 1. The molecule has 0 radical (unpaired) electrons. The van der Waals surface area contributed by atoms with Crippen molar-refractivity contribution in [2.45, 2.75) is 26.1 Å². The van der Waals surface area contributed by atoms with Crippen LogP contribution in [0, 0.1) is 6.92 Å². The molecule has 1 aliphatic rings. The maximum absolute atomic E-state index is 12.6. The lowest BCUT2D eigenvalue weighted by atomic mass is 10.1. The first kappa shape index (κ1) is 16.2. The number of amides is 1. The molecule has 0 fully saturated rings. The van der Waals surface area contributed by atoms with Gasteiger partial charge in [0, 0.05) is 5.02 Å². The standard InChI is InChI=1S/C18H15ClN2O3S/c1-9-7-11(19)8-14-15(9)20-18(25-14)21-17(22)16-10(2)23-12-5-3-4-6-13(12)24-16/h3-8,10,16H,1-2H3,(H,20,21,22). The molecule has 128 valence electrons. The van der Waals surface area contributed by atoms with Gasteiger partial charge in [0.2, 0.25) is 6.10 Å². The Balaban J connectivity index is 1.57. The highest BCUT2D eigenvalue weighted by Gasteiger charge is 2.34. The molecule has 1 amide bonds. The average molecular weight is 375 g/mol. The number of nitrogens with zero attached hydrogens (tertiary/aromatic N) is 1. The molecule has 4 rings (SSSR count). The number of para-hydroxylation sites is 2. The Morgan fingerprint density at radius 1 is 1.24 bits per heavy atom. The van der Waals surface area contributed by atoms with E-state index in [-0.39, 0.29) is 5.91 Å². The van der Waals surface area contributed by atoms with Crippen molar-refractivity contribution in [2.24, 2.45) is 0 Å². The summed E-state index contributed by atoms with van der Waals surface area (Å²) >= 11 is 7.46. The van der Waals surface area contributed by atoms with Gasteiger partial charge in [0.25, 0.3) is 5.91 Å². The smallest absolute Gasteiger partial charge is 0.271 e. The van der Waals surface area contributed by atoms with E-state index in [1.54, 1.807) is 6.07 Å². The Hall–Kier alpha value is -2.31. The Bertz CT molecular complexity index is 972. The third-order valence-corrected chi connectivity index (χ3v) is 5.12. The van der Waals surface area contributed by atoms with E-state index in [2.05, 4.69) is 10.3 Å². The fourth-order valence-corrected chi connectivity index (χ4v) is 4.11. The number of ether oxygens (including phenoxy) is 2. The van der Waals surface area contributed by atoms with Crippen LogP contribution in [-0.4, -0.2) is 23.1 Å². The Kier molecular flexibility index (Phi) is 4.01. The van der Waals surface area contributed by atoms with Crippen LogP contribution in [0.4, 0.5) is 5.13 Å². The quantitative estimate of drug-likeness (QED) is 0.721. The van der Waals surface area contributed by atoms with Crippen LogP contribution in [0.15, 0.2) is 36.4 Å². The number of benzene rings is 2. The third kappa shape index (κ3) is 3.03. The highest BCUT2D eigenvalue weighted by atomic mass is 35.5. The summed E-state index contributed by atoms with van der Waals surface area (Å²) in [6.07, 6.45) is -1.15. The molecule has 0 bridgehead atoms. The summed E-state index contributed by atoms with van der Waals surface area (Å²) in [5, 5.41) is 4.00. The first-order valence-corrected chi connectivity index (χ1v) is 9.00. The Morgan fingerprint density at radius 3 is 2.72 bits per heavy atom. The predicted molar refractivity (Wildman–Crippen MR) is 98.9 cm³/mol. The highest BCUT2D eigenvalue weighted by Crippen LogP contribution is 2.35. The van der Waals surface area contributed by atoms with Crippen LogP contribution >= 0.6 is 22.9 Å². The van der Waals surface area contributed by atoms with Gasteiger partial charge in [-0.3, -0.25) is 10.1 Å². The van der Waals surface area contributed by atoms with Gasteiger partial charge >= 0.3 is 0 Å². The molecule has 0 saturated carbocycles. The van der Waals surface area contributed by atoms with Crippen LogP contribution in [0.1, 0.15) is 12.5 Å². The summed E-state index contributed by atoms with van der Waals surface area (Å²) in [5.41, 5.74) is 1.81. The molecule has 25 heavy (non-hydrogen) atoms. The van der Waals surface area contributed by atoms with Crippen molar-refractivity contribution in [3.8, 4) is 11.5 Å². The summed E-state index contributed by atoms with van der Waals surface area (Å²) in [7, 11) is 0. The van der Waals surface area contributed by atoms with Crippen molar-refractivity contribution in [1.82, 2.24) is 4.98 Å². The van der Waals surface area contributed by atoms with Gasteiger partial charge in [-0.05, 0) is 43.7 Å². The van der Waals surface area contributed by atoms with Crippen molar-refractivity contribution in [2.75, 3.05) is 5.32 Å². The van der Waals surface area contributed by atoms with Crippen LogP contribution in [0.3, 0.4) is 0 Å². The molecule has 0 saturated heterocycles. The number of fused-ring (bicyclic) bond motifs is 2. The second-order valence-electron chi connectivity index (χ2n) is 5.89. The van der Waals surface area contributed by atoms with E-state index >= 15 is 0 Å².